The number of unbranched alkanes of at least 4 members (excludes halogenated alkanes) is 2. The number of rotatable bonds is 7. The molecule has 0 bridgehead atoms. The van der Waals surface area contributed by atoms with Crippen molar-refractivity contribution in [1.82, 2.24) is 4.98 Å². The quantitative estimate of drug-likeness (QED) is 0.678. The van der Waals surface area contributed by atoms with E-state index in [0.717, 1.165) is 29.8 Å². The van der Waals surface area contributed by atoms with Gasteiger partial charge < -0.3 is 9.47 Å². The first kappa shape index (κ1) is 13.6. The maximum Gasteiger partial charge on any atom is 0.220 e. The number of methoxy groups -OCH3 is 2. The lowest BCUT2D eigenvalue weighted by Gasteiger charge is -2.11. The van der Waals surface area contributed by atoms with E-state index in [0.29, 0.717) is 5.88 Å². The molecule has 17 heavy (non-hydrogen) atoms. The van der Waals surface area contributed by atoms with Crippen LogP contribution in [-0.2, 0) is 6.42 Å². The third kappa shape index (κ3) is 3.48. The lowest BCUT2D eigenvalue weighted by Crippen LogP contribution is -2.00. The molecule has 1 heterocycles. The van der Waals surface area contributed by atoms with Gasteiger partial charge in [-0.2, -0.15) is 0 Å². The maximum absolute atomic E-state index is 5.35. The molecule has 1 rings (SSSR count). The molecule has 1 aromatic rings. The van der Waals surface area contributed by atoms with Crippen molar-refractivity contribution < 1.29 is 9.47 Å². The highest BCUT2D eigenvalue weighted by molar-refractivity contribution is 5.56. The second kappa shape index (κ2) is 6.94. The van der Waals surface area contributed by atoms with Gasteiger partial charge in [-0.05, 0) is 18.9 Å². The minimum atomic E-state index is 0.618. The fourth-order valence-corrected chi connectivity index (χ4v) is 1.74. The minimum absolute atomic E-state index is 0.618. The third-order valence-corrected chi connectivity index (χ3v) is 2.70. The molecule has 0 spiro atoms. The molecule has 1 aromatic heterocycles. The van der Waals surface area contributed by atoms with Crippen molar-refractivity contribution in [3.8, 4) is 11.6 Å². The largest absolute Gasteiger partial charge is 0.495 e. The predicted octanol–water partition coefficient (Wildman–Crippen LogP) is 3.47. The highest BCUT2D eigenvalue weighted by Crippen LogP contribution is 2.27. The zero-order valence-electron chi connectivity index (χ0n) is 11.0. The molecule has 0 N–H and O–H groups in total. The molecule has 0 amide bonds. The Bertz CT molecular complexity index is 375. The molecule has 0 saturated heterocycles. The van der Waals surface area contributed by atoms with Crippen molar-refractivity contribution in [3.63, 3.8) is 0 Å². The van der Waals surface area contributed by atoms with Crippen LogP contribution >= 0.6 is 0 Å². The van der Waals surface area contributed by atoms with Crippen molar-refractivity contribution in [2.45, 2.75) is 32.6 Å². The molecule has 0 saturated carbocycles. The van der Waals surface area contributed by atoms with E-state index < -0.39 is 0 Å². The van der Waals surface area contributed by atoms with Crippen LogP contribution in [-0.4, -0.2) is 19.2 Å². The lowest BCUT2D eigenvalue weighted by molar-refractivity contribution is 0.380. The Morgan fingerprint density at radius 2 is 2.06 bits per heavy atom. The van der Waals surface area contributed by atoms with Crippen molar-refractivity contribution >= 4 is 6.08 Å². The molecule has 3 nitrogen and oxygen atoms in total. The zero-order valence-corrected chi connectivity index (χ0v) is 11.0. The first-order valence-electron chi connectivity index (χ1n) is 6.01. The number of hydrogen-bond donors (Lipinski definition) is 0. The van der Waals surface area contributed by atoms with Gasteiger partial charge in [-0.1, -0.05) is 32.4 Å². The summed E-state index contributed by atoms with van der Waals surface area (Å²) in [5.41, 5.74) is 1.83. The third-order valence-electron chi connectivity index (χ3n) is 2.70. The molecule has 0 aliphatic rings. The molecule has 0 aromatic carbocycles. The summed E-state index contributed by atoms with van der Waals surface area (Å²) in [7, 11) is 3.29. The summed E-state index contributed by atoms with van der Waals surface area (Å²) in [5.74, 6) is 1.43. The maximum atomic E-state index is 5.35. The van der Waals surface area contributed by atoms with Gasteiger partial charge in [-0.3, -0.25) is 0 Å². The summed E-state index contributed by atoms with van der Waals surface area (Å²) in [4.78, 5) is 4.49. The fourth-order valence-electron chi connectivity index (χ4n) is 1.74. The molecule has 94 valence electrons. The topological polar surface area (TPSA) is 31.4 Å². The van der Waals surface area contributed by atoms with Gasteiger partial charge in [0.25, 0.3) is 0 Å². The van der Waals surface area contributed by atoms with E-state index in [1.54, 1.807) is 20.3 Å². The van der Waals surface area contributed by atoms with Gasteiger partial charge in [0.15, 0.2) is 0 Å². The van der Waals surface area contributed by atoms with Crippen LogP contribution in [0.4, 0.5) is 0 Å². The number of hydrogen-bond acceptors (Lipinski definition) is 3. The van der Waals surface area contributed by atoms with Gasteiger partial charge >= 0.3 is 0 Å². The molecular weight excluding hydrogens is 214 g/mol. The van der Waals surface area contributed by atoms with Crippen molar-refractivity contribution in [2.24, 2.45) is 0 Å². The Labute approximate surface area is 103 Å². The smallest absolute Gasteiger partial charge is 0.220 e. The molecular formula is C14H21NO2. The van der Waals surface area contributed by atoms with E-state index in [1.807, 2.05) is 6.07 Å². The molecule has 0 radical (unpaired) electrons. The summed E-state index contributed by atoms with van der Waals surface area (Å²) in [6.45, 7) is 5.93. The molecule has 0 unspecified atom stereocenters. The van der Waals surface area contributed by atoms with E-state index in [2.05, 4.69) is 18.5 Å². The average Bonchev–Trinajstić information content (AvgIpc) is 2.38. The highest BCUT2D eigenvalue weighted by atomic mass is 16.5. The normalized spacial score (nSPS) is 10.1. The van der Waals surface area contributed by atoms with Crippen LogP contribution in [0.5, 0.6) is 11.6 Å². The van der Waals surface area contributed by atoms with Crippen LogP contribution < -0.4 is 9.47 Å². The van der Waals surface area contributed by atoms with E-state index in [-0.39, 0.29) is 0 Å². The predicted molar refractivity (Wildman–Crippen MR) is 70.7 cm³/mol. The Morgan fingerprint density at radius 1 is 1.29 bits per heavy atom. The van der Waals surface area contributed by atoms with E-state index in [4.69, 9.17) is 9.47 Å². The SMILES string of the molecule is C=Cc1cc(OC)c(CCCCC)nc1OC. The Morgan fingerprint density at radius 3 is 2.59 bits per heavy atom. The standard InChI is InChI=1S/C14H21NO2/c1-5-7-8-9-12-13(16-3)10-11(6-2)14(15-12)17-4/h6,10H,2,5,7-9H2,1,3-4H3. The van der Waals surface area contributed by atoms with Gasteiger partial charge in [0.2, 0.25) is 5.88 Å². The molecule has 0 fully saturated rings. The number of pyridine rings is 1. The van der Waals surface area contributed by atoms with Crippen LogP contribution in [0.25, 0.3) is 6.08 Å². The van der Waals surface area contributed by atoms with Gasteiger partial charge in [0.05, 0.1) is 19.9 Å². The van der Waals surface area contributed by atoms with Gasteiger partial charge in [0, 0.05) is 5.56 Å². The summed E-state index contributed by atoms with van der Waals surface area (Å²) in [6, 6.07) is 1.93. The monoisotopic (exact) mass is 235 g/mol. The first-order valence-corrected chi connectivity index (χ1v) is 6.01. The average molecular weight is 235 g/mol. The fraction of sp³-hybridized carbons (Fsp3) is 0.500. The Kier molecular flexibility index (Phi) is 5.53. The first-order chi connectivity index (χ1) is 8.26. The van der Waals surface area contributed by atoms with Gasteiger partial charge in [-0.25, -0.2) is 4.98 Å². The second-order valence-corrected chi connectivity index (χ2v) is 3.90. The number of nitrogens with zero attached hydrogens (tertiary/aromatic N) is 1. The van der Waals surface area contributed by atoms with Crippen LogP contribution in [0.1, 0.15) is 37.4 Å². The van der Waals surface area contributed by atoms with Crippen molar-refractivity contribution in [2.75, 3.05) is 14.2 Å². The van der Waals surface area contributed by atoms with E-state index in [9.17, 15) is 0 Å². The van der Waals surface area contributed by atoms with E-state index >= 15 is 0 Å². The minimum Gasteiger partial charge on any atom is -0.495 e. The number of aromatic nitrogens is 1. The Hall–Kier alpha value is -1.51. The number of ether oxygens (including phenoxy) is 2. The van der Waals surface area contributed by atoms with Crippen molar-refractivity contribution in [3.05, 3.63) is 23.9 Å². The number of aryl methyl sites for hydroxylation is 1. The second-order valence-electron chi connectivity index (χ2n) is 3.90. The van der Waals surface area contributed by atoms with Crippen LogP contribution in [0.15, 0.2) is 12.6 Å². The summed E-state index contributed by atoms with van der Waals surface area (Å²) in [5, 5.41) is 0. The summed E-state index contributed by atoms with van der Waals surface area (Å²) >= 11 is 0. The zero-order chi connectivity index (χ0) is 12.7. The summed E-state index contributed by atoms with van der Waals surface area (Å²) in [6.07, 6.45) is 6.17. The van der Waals surface area contributed by atoms with E-state index in [1.165, 1.54) is 12.8 Å². The Balaban J connectivity index is 2.97. The van der Waals surface area contributed by atoms with Crippen LogP contribution in [0.2, 0.25) is 0 Å². The molecule has 3 heteroatoms. The highest BCUT2D eigenvalue weighted by Gasteiger charge is 2.10. The van der Waals surface area contributed by atoms with Crippen LogP contribution in [0, 0.1) is 0 Å². The molecule has 0 aliphatic carbocycles. The lowest BCUT2D eigenvalue weighted by atomic mass is 10.1. The van der Waals surface area contributed by atoms with Gasteiger partial charge in [0.1, 0.15) is 5.75 Å². The van der Waals surface area contributed by atoms with Crippen molar-refractivity contribution in [1.29, 1.82) is 0 Å². The van der Waals surface area contributed by atoms with Crippen LogP contribution in [0.3, 0.4) is 0 Å². The summed E-state index contributed by atoms with van der Waals surface area (Å²) < 4.78 is 10.6. The molecule has 0 atom stereocenters. The molecule has 0 aliphatic heterocycles. The van der Waals surface area contributed by atoms with Gasteiger partial charge in [-0.15, -0.1) is 0 Å².